The SMILES string of the molecule is CC(C)(C)OC(=O)N1C[C@H]2C[C@@H]1CN2c1ccc(C(=O)O)c(CO)c1. The minimum Gasteiger partial charge on any atom is -0.478 e. The van der Waals surface area contributed by atoms with E-state index in [-0.39, 0.29) is 30.3 Å². The maximum Gasteiger partial charge on any atom is 0.410 e. The minimum atomic E-state index is -1.05. The monoisotopic (exact) mass is 348 g/mol. The summed E-state index contributed by atoms with van der Waals surface area (Å²) < 4.78 is 5.46. The molecule has 0 unspecified atom stereocenters. The summed E-state index contributed by atoms with van der Waals surface area (Å²) >= 11 is 0. The van der Waals surface area contributed by atoms with Gasteiger partial charge in [-0.15, -0.1) is 0 Å². The van der Waals surface area contributed by atoms with E-state index in [1.807, 2.05) is 20.8 Å². The lowest BCUT2D eigenvalue weighted by molar-refractivity contribution is 0.0214. The summed E-state index contributed by atoms with van der Waals surface area (Å²) in [6, 6.07) is 5.29. The molecule has 2 atom stereocenters. The van der Waals surface area contributed by atoms with E-state index in [1.54, 1.807) is 17.0 Å². The third-order valence-corrected chi connectivity index (χ3v) is 4.69. The fourth-order valence-corrected chi connectivity index (χ4v) is 3.63. The molecule has 25 heavy (non-hydrogen) atoms. The number of aromatic carboxylic acids is 1. The maximum absolute atomic E-state index is 12.3. The Kier molecular flexibility index (Phi) is 4.36. The Labute approximate surface area is 146 Å². The standard InChI is InChI=1S/C18H24N2O5/c1-18(2,3)25-17(24)20-9-13-7-14(20)8-19(13)12-4-5-15(16(22)23)11(6-12)10-21/h4-6,13-14,21H,7-10H2,1-3H3,(H,22,23)/t13-,14-/m1/s1. The van der Waals surface area contributed by atoms with E-state index in [9.17, 15) is 14.7 Å². The topological polar surface area (TPSA) is 90.3 Å². The largest absolute Gasteiger partial charge is 0.478 e. The highest BCUT2D eigenvalue weighted by atomic mass is 16.6. The van der Waals surface area contributed by atoms with Gasteiger partial charge in [0, 0.05) is 24.8 Å². The van der Waals surface area contributed by atoms with Crippen molar-refractivity contribution in [2.24, 2.45) is 0 Å². The number of aliphatic hydroxyl groups excluding tert-OH is 1. The number of hydrogen-bond acceptors (Lipinski definition) is 5. The Hall–Kier alpha value is -2.28. The van der Waals surface area contributed by atoms with Crippen LogP contribution in [0.25, 0.3) is 0 Å². The fourth-order valence-electron chi connectivity index (χ4n) is 3.63. The molecule has 0 radical (unpaired) electrons. The zero-order chi connectivity index (χ0) is 18.4. The Morgan fingerprint density at radius 1 is 1.24 bits per heavy atom. The molecule has 1 aromatic rings. The Balaban J connectivity index is 1.73. The summed E-state index contributed by atoms with van der Waals surface area (Å²) in [4.78, 5) is 27.5. The van der Waals surface area contributed by atoms with Crippen LogP contribution in [0.5, 0.6) is 0 Å². The number of nitrogens with zero attached hydrogens (tertiary/aromatic N) is 2. The average molecular weight is 348 g/mol. The summed E-state index contributed by atoms with van der Waals surface area (Å²) in [5.41, 5.74) is 0.884. The first kappa shape index (κ1) is 17.5. The third-order valence-electron chi connectivity index (χ3n) is 4.69. The van der Waals surface area contributed by atoms with Gasteiger partial charge >= 0.3 is 12.1 Å². The molecule has 136 valence electrons. The smallest absolute Gasteiger partial charge is 0.410 e. The number of ether oxygens (including phenoxy) is 1. The molecule has 2 N–H and O–H groups in total. The number of fused-ring (bicyclic) bond motifs is 2. The van der Waals surface area contributed by atoms with E-state index in [2.05, 4.69) is 4.90 Å². The molecule has 2 fully saturated rings. The van der Waals surface area contributed by atoms with Crippen LogP contribution in [0.15, 0.2) is 18.2 Å². The Bertz CT molecular complexity index is 697. The molecule has 0 aromatic heterocycles. The van der Waals surface area contributed by atoms with Crippen molar-refractivity contribution in [1.29, 1.82) is 0 Å². The number of carbonyl (C=O) groups excluding carboxylic acids is 1. The van der Waals surface area contributed by atoms with Gasteiger partial charge in [-0.05, 0) is 51.0 Å². The summed E-state index contributed by atoms with van der Waals surface area (Å²) in [6.45, 7) is 6.52. The zero-order valence-electron chi connectivity index (χ0n) is 14.7. The summed E-state index contributed by atoms with van der Waals surface area (Å²) in [6.07, 6.45) is 0.589. The van der Waals surface area contributed by atoms with Crippen LogP contribution in [0.2, 0.25) is 0 Å². The molecule has 7 heteroatoms. The number of aliphatic hydroxyl groups is 1. The Morgan fingerprint density at radius 2 is 1.96 bits per heavy atom. The molecular formula is C18H24N2O5. The first-order valence-corrected chi connectivity index (χ1v) is 8.43. The highest BCUT2D eigenvalue weighted by molar-refractivity contribution is 5.90. The van der Waals surface area contributed by atoms with Gasteiger partial charge in [-0.25, -0.2) is 9.59 Å². The average Bonchev–Trinajstić information content (AvgIpc) is 3.12. The van der Waals surface area contributed by atoms with Crippen molar-refractivity contribution in [2.45, 2.75) is 51.5 Å². The van der Waals surface area contributed by atoms with Gasteiger partial charge < -0.3 is 24.7 Å². The number of benzene rings is 1. The second-order valence-corrected chi connectivity index (χ2v) is 7.63. The summed E-state index contributed by atoms with van der Waals surface area (Å²) in [5.74, 6) is -1.05. The number of piperazine rings is 1. The lowest BCUT2D eigenvalue weighted by atomic mass is 10.1. The molecule has 1 aromatic carbocycles. The molecular weight excluding hydrogens is 324 g/mol. The molecule has 0 aliphatic carbocycles. The number of amides is 1. The summed E-state index contributed by atoms with van der Waals surface area (Å²) in [7, 11) is 0. The molecule has 2 saturated heterocycles. The van der Waals surface area contributed by atoms with E-state index in [4.69, 9.17) is 9.84 Å². The molecule has 0 saturated carbocycles. The van der Waals surface area contributed by atoms with Gasteiger partial charge in [0.05, 0.1) is 18.2 Å². The van der Waals surface area contributed by atoms with Crippen LogP contribution in [-0.4, -0.2) is 57.9 Å². The first-order valence-electron chi connectivity index (χ1n) is 8.43. The molecule has 2 heterocycles. The normalized spacial score (nSPS) is 22.4. The lowest BCUT2D eigenvalue weighted by Gasteiger charge is -2.36. The van der Waals surface area contributed by atoms with E-state index in [1.165, 1.54) is 6.07 Å². The second kappa shape index (κ2) is 6.22. The van der Waals surface area contributed by atoms with Crippen molar-refractivity contribution in [2.75, 3.05) is 18.0 Å². The fraction of sp³-hybridized carbons (Fsp3) is 0.556. The van der Waals surface area contributed by atoms with Crippen molar-refractivity contribution in [1.82, 2.24) is 4.90 Å². The quantitative estimate of drug-likeness (QED) is 0.869. The van der Waals surface area contributed by atoms with Crippen LogP contribution in [0.3, 0.4) is 0 Å². The highest BCUT2D eigenvalue weighted by Gasteiger charge is 2.46. The van der Waals surface area contributed by atoms with E-state index < -0.39 is 11.6 Å². The van der Waals surface area contributed by atoms with Gasteiger partial charge in [0.15, 0.2) is 0 Å². The molecule has 2 aliphatic rings. The first-order chi connectivity index (χ1) is 11.7. The predicted octanol–water partition coefficient (Wildman–Crippen LogP) is 2.08. The number of rotatable bonds is 3. The van der Waals surface area contributed by atoms with Crippen LogP contribution >= 0.6 is 0 Å². The Morgan fingerprint density at radius 3 is 2.48 bits per heavy atom. The molecule has 7 nitrogen and oxygen atoms in total. The van der Waals surface area contributed by atoms with Crippen LogP contribution in [-0.2, 0) is 11.3 Å². The molecule has 1 amide bonds. The molecule has 2 bridgehead atoms. The summed E-state index contributed by atoms with van der Waals surface area (Å²) in [5, 5.41) is 18.6. The maximum atomic E-state index is 12.3. The predicted molar refractivity (Wildman–Crippen MR) is 91.8 cm³/mol. The van der Waals surface area contributed by atoms with Crippen LogP contribution < -0.4 is 4.90 Å². The number of carboxylic acid groups (broad SMARTS) is 1. The number of likely N-dealkylation sites (tertiary alicyclic amines) is 1. The lowest BCUT2D eigenvalue weighted by Crippen LogP contribution is -2.50. The highest BCUT2D eigenvalue weighted by Crippen LogP contribution is 2.36. The molecule has 2 aliphatic heterocycles. The van der Waals surface area contributed by atoms with Gasteiger partial charge in [-0.1, -0.05) is 0 Å². The molecule has 0 spiro atoms. The second-order valence-electron chi connectivity index (χ2n) is 7.63. The van der Waals surface area contributed by atoms with Gasteiger partial charge in [0.25, 0.3) is 0 Å². The van der Waals surface area contributed by atoms with Crippen LogP contribution in [0.1, 0.15) is 43.1 Å². The van der Waals surface area contributed by atoms with E-state index >= 15 is 0 Å². The molecule has 3 rings (SSSR count). The van der Waals surface area contributed by atoms with Gasteiger partial charge in [0.2, 0.25) is 0 Å². The minimum absolute atomic E-state index is 0.0941. The number of hydrogen-bond donors (Lipinski definition) is 2. The van der Waals surface area contributed by atoms with Gasteiger partial charge in [0.1, 0.15) is 5.60 Å². The number of carboxylic acids is 1. The van der Waals surface area contributed by atoms with Gasteiger partial charge in [-0.3, -0.25) is 0 Å². The van der Waals surface area contributed by atoms with Crippen molar-refractivity contribution in [3.63, 3.8) is 0 Å². The number of carbonyl (C=O) groups is 2. The van der Waals surface area contributed by atoms with Crippen LogP contribution in [0.4, 0.5) is 10.5 Å². The van der Waals surface area contributed by atoms with E-state index in [0.717, 1.165) is 12.1 Å². The third kappa shape index (κ3) is 3.42. The van der Waals surface area contributed by atoms with Crippen molar-refractivity contribution in [3.8, 4) is 0 Å². The van der Waals surface area contributed by atoms with Crippen LogP contribution in [0, 0.1) is 0 Å². The zero-order valence-corrected chi connectivity index (χ0v) is 14.7. The van der Waals surface area contributed by atoms with E-state index in [0.29, 0.717) is 18.7 Å². The van der Waals surface area contributed by atoms with Crippen molar-refractivity contribution in [3.05, 3.63) is 29.3 Å². The number of anilines is 1. The van der Waals surface area contributed by atoms with Gasteiger partial charge in [-0.2, -0.15) is 0 Å². The van der Waals surface area contributed by atoms with Crippen molar-refractivity contribution < 1.29 is 24.5 Å². The van der Waals surface area contributed by atoms with Crippen molar-refractivity contribution >= 4 is 17.7 Å².